The minimum atomic E-state index is -0.399. The van der Waals surface area contributed by atoms with Gasteiger partial charge in [-0.25, -0.2) is 4.39 Å². The molecular weight excluding hydrogens is 284 g/mol. The van der Waals surface area contributed by atoms with E-state index in [2.05, 4.69) is 5.32 Å². The maximum absolute atomic E-state index is 13.1. The normalized spacial score (nSPS) is 12.4. The van der Waals surface area contributed by atoms with Gasteiger partial charge in [0.2, 0.25) is 0 Å². The minimum Gasteiger partial charge on any atom is -0.313 e. The van der Waals surface area contributed by atoms with Crippen molar-refractivity contribution in [2.75, 3.05) is 7.05 Å². The Hall–Kier alpha value is -1.09. The first-order valence-electron chi connectivity index (χ1n) is 5.97. The van der Waals surface area contributed by atoms with Crippen LogP contribution in [0.3, 0.4) is 0 Å². The van der Waals surface area contributed by atoms with Crippen LogP contribution in [0.5, 0.6) is 0 Å². The predicted octanol–water partition coefficient (Wildman–Crippen LogP) is 4.64. The summed E-state index contributed by atoms with van der Waals surface area (Å²) in [6.07, 6.45) is 0.695. The highest BCUT2D eigenvalue weighted by Crippen LogP contribution is 2.26. The quantitative estimate of drug-likeness (QED) is 0.867. The van der Waals surface area contributed by atoms with Crippen molar-refractivity contribution in [3.63, 3.8) is 0 Å². The highest BCUT2D eigenvalue weighted by atomic mass is 35.5. The summed E-state index contributed by atoms with van der Waals surface area (Å²) in [4.78, 5) is 0. The molecule has 0 aliphatic carbocycles. The molecule has 4 heteroatoms. The molecule has 19 heavy (non-hydrogen) atoms. The van der Waals surface area contributed by atoms with E-state index >= 15 is 0 Å². The summed E-state index contributed by atoms with van der Waals surface area (Å²) in [5.74, 6) is -0.399. The van der Waals surface area contributed by atoms with Gasteiger partial charge in [0, 0.05) is 11.1 Å². The van der Waals surface area contributed by atoms with Crippen LogP contribution >= 0.6 is 23.2 Å². The maximum Gasteiger partial charge on any atom is 0.141 e. The lowest BCUT2D eigenvalue weighted by molar-refractivity contribution is 0.589. The summed E-state index contributed by atoms with van der Waals surface area (Å²) in [5.41, 5.74) is 1.98. The number of halogens is 3. The van der Waals surface area contributed by atoms with Gasteiger partial charge in [-0.3, -0.25) is 0 Å². The first kappa shape index (κ1) is 14.3. The highest BCUT2D eigenvalue weighted by Gasteiger charge is 2.13. The van der Waals surface area contributed by atoms with E-state index in [-0.39, 0.29) is 11.1 Å². The zero-order valence-electron chi connectivity index (χ0n) is 10.5. The van der Waals surface area contributed by atoms with Crippen molar-refractivity contribution in [1.82, 2.24) is 5.32 Å². The van der Waals surface area contributed by atoms with Crippen molar-refractivity contribution in [2.24, 2.45) is 0 Å². The lowest BCUT2D eigenvalue weighted by Crippen LogP contribution is -2.19. The topological polar surface area (TPSA) is 12.0 Å². The van der Waals surface area contributed by atoms with Gasteiger partial charge in [-0.15, -0.1) is 0 Å². The molecule has 0 heterocycles. The van der Waals surface area contributed by atoms with Crippen LogP contribution in [0.1, 0.15) is 17.2 Å². The molecular formula is C15H14Cl2FN. The second kappa shape index (κ2) is 6.38. The first-order chi connectivity index (χ1) is 9.11. The molecule has 2 aromatic carbocycles. The molecule has 0 bridgehead atoms. The first-order valence-corrected chi connectivity index (χ1v) is 6.73. The molecule has 1 unspecified atom stereocenters. The molecule has 100 valence electrons. The minimum absolute atomic E-state index is 0.0650. The molecule has 2 rings (SSSR count). The fourth-order valence-corrected chi connectivity index (χ4v) is 2.50. The zero-order valence-corrected chi connectivity index (χ0v) is 12.0. The summed E-state index contributed by atoms with van der Waals surface area (Å²) in [6, 6.07) is 12.5. The molecule has 0 saturated carbocycles. The number of likely N-dealkylation sites (N-methyl/N-ethyl adjacent to an activating group) is 1. The zero-order chi connectivity index (χ0) is 13.8. The Morgan fingerprint density at radius 2 is 1.84 bits per heavy atom. The number of nitrogens with one attached hydrogen (secondary N) is 1. The van der Waals surface area contributed by atoms with Crippen LogP contribution < -0.4 is 5.32 Å². The van der Waals surface area contributed by atoms with Gasteiger partial charge in [-0.2, -0.15) is 0 Å². The molecule has 0 spiro atoms. The fourth-order valence-electron chi connectivity index (χ4n) is 2.03. The summed E-state index contributed by atoms with van der Waals surface area (Å²) in [5, 5.41) is 4.08. The third-order valence-electron chi connectivity index (χ3n) is 3.05. The summed E-state index contributed by atoms with van der Waals surface area (Å²) >= 11 is 12.0. The summed E-state index contributed by atoms with van der Waals surface area (Å²) < 4.78 is 13.1. The molecule has 1 N–H and O–H groups in total. The number of benzene rings is 2. The van der Waals surface area contributed by atoms with Crippen molar-refractivity contribution >= 4 is 23.2 Å². The number of rotatable bonds is 4. The molecule has 0 saturated heterocycles. The number of hydrogen-bond acceptors (Lipinski definition) is 1. The predicted molar refractivity (Wildman–Crippen MR) is 78.4 cm³/mol. The average Bonchev–Trinajstić information content (AvgIpc) is 2.41. The van der Waals surface area contributed by atoms with Crippen molar-refractivity contribution in [3.8, 4) is 0 Å². The largest absolute Gasteiger partial charge is 0.313 e. The fraction of sp³-hybridized carbons (Fsp3) is 0.200. The van der Waals surface area contributed by atoms with E-state index in [4.69, 9.17) is 23.2 Å². The monoisotopic (exact) mass is 297 g/mol. The van der Waals surface area contributed by atoms with Crippen LogP contribution in [0.4, 0.5) is 4.39 Å². The number of hydrogen-bond donors (Lipinski definition) is 1. The average molecular weight is 298 g/mol. The van der Waals surface area contributed by atoms with E-state index in [0.29, 0.717) is 6.42 Å². The summed E-state index contributed by atoms with van der Waals surface area (Å²) in [7, 11) is 1.87. The van der Waals surface area contributed by atoms with Crippen LogP contribution in [0, 0.1) is 5.82 Å². The van der Waals surface area contributed by atoms with Gasteiger partial charge >= 0.3 is 0 Å². The van der Waals surface area contributed by atoms with Gasteiger partial charge in [0.1, 0.15) is 5.82 Å². The second-order valence-electron chi connectivity index (χ2n) is 4.32. The third kappa shape index (κ3) is 3.47. The molecule has 2 aromatic rings. The Labute approximate surface area is 122 Å². The van der Waals surface area contributed by atoms with Crippen LogP contribution in [0.2, 0.25) is 10.0 Å². The molecule has 1 nitrogen and oxygen atoms in total. The van der Waals surface area contributed by atoms with E-state index in [1.165, 1.54) is 6.07 Å². The molecule has 0 aliphatic rings. The molecule has 0 aromatic heterocycles. The Morgan fingerprint density at radius 1 is 1.11 bits per heavy atom. The third-order valence-corrected chi connectivity index (χ3v) is 3.69. The smallest absolute Gasteiger partial charge is 0.141 e. The summed E-state index contributed by atoms with van der Waals surface area (Å²) in [6.45, 7) is 0. The van der Waals surface area contributed by atoms with Gasteiger partial charge < -0.3 is 5.32 Å². The molecule has 0 aliphatic heterocycles. The Balaban J connectivity index is 2.24. The SMILES string of the molecule is CNC(Cc1ccc(F)c(Cl)c1)c1ccccc1Cl. The Kier molecular flexibility index (Phi) is 4.81. The van der Waals surface area contributed by atoms with Gasteiger partial charge in [0.25, 0.3) is 0 Å². The van der Waals surface area contributed by atoms with E-state index in [0.717, 1.165) is 16.1 Å². The van der Waals surface area contributed by atoms with Crippen molar-refractivity contribution < 1.29 is 4.39 Å². The van der Waals surface area contributed by atoms with E-state index in [9.17, 15) is 4.39 Å². The molecule has 0 amide bonds. The second-order valence-corrected chi connectivity index (χ2v) is 5.13. The van der Waals surface area contributed by atoms with Gasteiger partial charge in [0.15, 0.2) is 0 Å². The van der Waals surface area contributed by atoms with Gasteiger partial charge in [-0.05, 0) is 42.8 Å². The van der Waals surface area contributed by atoms with Crippen LogP contribution in [-0.2, 0) is 6.42 Å². The van der Waals surface area contributed by atoms with Gasteiger partial charge in [0.05, 0.1) is 5.02 Å². The van der Waals surface area contributed by atoms with E-state index < -0.39 is 5.82 Å². The Morgan fingerprint density at radius 3 is 2.47 bits per heavy atom. The Bertz CT molecular complexity index is 572. The van der Waals surface area contributed by atoms with E-state index in [1.807, 2.05) is 31.3 Å². The van der Waals surface area contributed by atoms with Gasteiger partial charge in [-0.1, -0.05) is 47.5 Å². The molecule has 0 radical (unpaired) electrons. The van der Waals surface area contributed by atoms with Crippen molar-refractivity contribution in [2.45, 2.75) is 12.5 Å². The maximum atomic E-state index is 13.1. The molecule has 1 atom stereocenters. The van der Waals surface area contributed by atoms with Crippen molar-refractivity contribution in [1.29, 1.82) is 0 Å². The highest BCUT2D eigenvalue weighted by molar-refractivity contribution is 6.31. The lowest BCUT2D eigenvalue weighted by Gasteiger charge is -2.18. The standard InChI is InChI=1S/C15H14Cl2FN/c1-19-15(11-4-2-3-5-12(11)16)9-10-6-7-14(18)13(17)8-10/h2-8,15,19H,9H2,1H3. The van der Waals surface area contributed by atoms with Crippen LogP contribution in [0.25, 0.3) is 0 Å². The van der Waals surface area contributed by atoms with E-state index in [1.54, 1.807) is 12.1 Å². The lowest BCUT2D eigenvalue weighted by atomic mass is 9.99. The van der Waals surface area contributed by atoms with Crippen molar-refractivity contribution in [3.05, 3.63) is 69.5 Å². The van der Waals surface area contributed by atoms with Crippen LogP contribution in [0.15, 0.2) is 42.5 Å². The van der Waals surface area contributed by atoms with Crippen LogP contribution in [-0.4, -0.2) is 7.05 Å². The molecule has 0 fully saturated rings.